The molecule has 0 aromatic rings. The maximum atomic E-state index is 10.1. The molecule has 0 saturated carbocycles. The van der Waals surface area contributed by atoms with Crippen molar-refractivity contribution in [2.24, 2.45) is 0 Å². The van der Waals surface area contributed by atoms with Gasteiger partial charge in [0.2, 0.25) is 0 Å². The first-order valence-electron chi connectivity index (χ1n) is 4.25. The lowest BCUT2D eigenvalue weighted by Crippen LogP contribution is -2.20. The molecule has 1 unspecified atom stereocenters. The zero-order valence-corrected chi connectivity index (χ0v) is 6.44. The second-order valence-electron chi connectivity index (χ2n) is 2.99. The highest BCUT2D eigenvalue weighted by atomic mass is 16.2. The van der Waals surface area contributed by atoms with E-state index in [0.29, 0.717) is 0 Å². The van der Waals surface area contributed by atoms with E-state index in [-0.39, 0.29) is 6.61 Å². The molecule has 1 rings (SSSR count). The lowest BCUT2D eigenvalue weighted by atomic mass is 10.1. The summed E-state index contributed by atoms with van der Waals surface area (Å²) in [4.78, 5) is 0. The molecule has 1 N–H and O–H groups in total. The van der Waals surface area contributed by atoms with Gasteiger partial charge < -0.3 is 5.32 Å². The molecule has 0 aliphatic carbocycles. The molecule has 1 saturated heterocycles. The van der Waals surface area contributed by atoms with Crippen LogP contribution in [0.3, 0.4) is 0 Å². The topological polar surface area (TPSA) is 31.9 Å². The van der Waals surface area contributed by atoms with Crippen LogP contribution in [0.5, 0.6) is 0 Å². The Kier molecular flexibility index (Phi) is 3.76. The van der Waals surface area contributed by atoms with E-state index in [9.17, 15) is 5.11 Å². The minimum Gasteiger partial charge on any atom is -0.314 e. The van der Waals surface area contributed by atoms with E-state index in [0.717, 1.165) is 18.9 Å². The summed E-state index contributed by atoms with van der Waals surface area (Å²) < 4.78 is 0. The van der Waals surface area contributed by atoms with Gasteiger partial charge >= 0.3 is 0 Å². The van der Waals surface area contributed by atoms with E-state index < -0.39 is 0 Å². The van der Waals surface area contributed by atoms with Crippen LogP contribution in [0.2, 0.25) is 0 Å². The number of hydrogen-bond donors (Lipinski definition) is 1. The quantitative estimate of drug-likeness (QED) is 0.590. The zero-order valence-electron chi connectivity index (χ0n) is 6.44. The van der Waals surface area contributed by atoms with Gasteiger partial charge in [-0.2, -0.15) is 0 Å². The monoisotopic (exact) mass is 142 g/mol. The number of rotatable bonds is 4. The standard InChI is InChI=1S/C8H16NO/c10-7-2-1-4-8-5-3-6-9-8/h8-9H,1-7H2. The van der Waals surface area contributed by atoms with Crippen LogP contribution in [0.25, 0.3) is 0 Å². The summed E-state index contributed by atoms with van der Waals surface area (Å²) in [6, 6.07) is 0.728. The first kappa shape index (κ1) is 8.02. The lowest BCUT2D eigenvalue weighted by Gasteiger charge is -2.07. The van der Waals surface area contributed by atoms with Crippen molar-refractivity contribution in [2.75, 3.05) is 13.2 Å². The van der Waals surface area contributed by atoms with Gasteiger partial charge in [0.15, 0.2) is 0 Å². The Bertz CT molecular complexity index is 79.3. The molecule has 0 bridgehead atoms. The molecule has 0 aromatic carbocycles. The third-order valence-corrected chi connectivity index (χ3v) is 2.11. The molecule has 1 atom stereocenters. The van der Waals surface area contributed by atoms with Crippen molar-refractivity contribution < 1.29 is 5.11 Å². The summed E-state index contributed by atoms with van der Waals surface area (Å²) in [5, 5.41) is 13.5. The Balaban J connectivity index is 1.91. The van der Waals surface area contributed by atoms with Crippen molar-refractivity contribution in [3.05, 3.63) is 0 Å². The lowest BCUT2D eigenvalue weighted by molar-refractivity contribution is 0.185. The second kappa shape index (κ2) is 4.69. The molecule has 2 heteroatoms. The van der Waals surface area contributed by atoms with Gasteiger partial charge in [-0.15, -0.1) is 0 Å². The molecular formula is C8H16NO. The van der Waals surface area contributed by atoms with Gasteiger partial charge in [-0.25, -0.2) is 5.11 Å². The van der Waals surface area contributed by atoms with Crippen LogP contribution < -0.4 is 5.32 Å². The summed E-state index contributed by atoms with van der Waals surface area (Å²) in [7, 11) is 0. The minimum absolute atomic E-state index is 0.104. The van der Waals surface area contributed by atoms with Crippen molar-refractivity contribution in [3.8, 4) is 0 Å². The molecule has 1 aliphatic rings. The Hall–Kier alpha value is -0.0800. The van der Waals surface area contributed by atoms with E-state index in [4.69, 9.17) is 0 Å². The maximum absolute atomic E-state index is 10.1. The summed E-state index contributed by atoms with van der Waals surface area (Å²) in [5.41, 5.74) is 0. The summed E-state index contributed by atoms with van der Waals surface area (Å²) in [5.74, 6) is 0. The summed E-state index contributed by atoms with van der Waals surface area (Å²) in [6.45, 7) is 1.29. The number of nitrogens with one attached hydrogen (secondary N) is 1. The Labute approximate surface area is 62.6 Å². The fourth-order valence-corrected chi connectivity index (χ4v) is 1.50. The first-order chi connectivity index (χ1) is 4.93. The predicted octanol–water partition coefficient (Wildman–Crippen LogP) is 1.34. The highest BCUT2D eigenvalue weighted by Crippen LogP contribution is 2.11. The third-order valence-electron chi connectivity index (χ3n) is 2.11. The normalized spacial score (nSPS) is 25.5. The fourth-order valence-electron chi connectivity index (χ4n) is 1.50. The van der Waals surface area contributed by atoms with Crippen LogP contribution in [0.4, 0.5) is 0 Å². The van der Waals surface area contributed by atoms with Gasteiger partial charge in [-0.3, -0.25) is 0 Å². The zero-order chi connectivity index (χ0) is 7.23. The van der Waals surface area contributed by atoms with Crippen LogP contribution >= 0.6 is 0 Å². The second-order valence-corrected chi connectivity index (χ2v) is 2.99. The largest absolute Gasteiger partial charge is 0.314 e. The highest BCUT2D eigenvalue weighted by molar-refractivity contribution is 4.73. The average molecular weight is 142 g/mol. The highest BCUT2D eigenvalue weighted by Gasteiger charge is 2.12. The number of hydrogen-bond acceptors (Lipinski definition) is 1. The molecule has 59 valence electrons. The fraction of sp³-hybridized carbons (Fsp3) is 1.00. The van der Waals surface area contributed by atoms with Crippen molar-refractivity contribution in [3.63, 3.8) is 0 Å². The Morgan fingerprint density at radius 3 is 2.90 bits per heavy atom. The van der Waals surface area contributed by atoms with Gasteiger partial charge in [0.25, 0.3) is 0 Å². The molecule has 0 aromatic heterocycles. The molecule has 1 aliphatic heterocycles. The van der Waals surface area contributed by atoms with Crippen LogP contribution in [0, 0.1) is 0 Å². The molecular weight excluding hydrogens is 126 g/mol. The number of unbranched alkanes of at least 4 members (excludes halogenated alkanes) is 1. The van der Waals surface area contributed by atoms with Crippen molar-refractivity contribution >= 4 is 0 Å². The average Bonchev–Trinajstić information content (AvgIpc) is 2.41. The van der Waals surface area contributed by atoms with Crippen LogP contribution in [-0.4, -0.2) is 19.2 Å². The Morgan fingerprint density at radius 1 is 1.40 bits per heavy atom. The van der Waals surface area contributed by atoms with Crippen LogP contribution in [-0.2, 0) is 5.11 Å². The van der Waals surface area contributed by atoms with Gasteiger partial charge in [0.05, 0.1) is 6.61 Å². The first-order valence-corrected chi connectivity index (χ1v) is 4.25. The molecule has 0 spiro atoms. The smallest absolute Gasteiger partial charge is 0.0822 e. The molecule has 1 heterocycles. The van der Waals surface area contributed by atoms with E-state index >= 15 is 0 Å². The Morgan fingerprint density at radius 2 is 2.30 bits per heavy atom. The van der Waals surface area contributed by atoms with Gasteiger partial charge in [-0.05, 0) is 38.6 Å². The summed E-state index contributed by atoms with van der Waals surface area (Å²) >= 11 is 0. The van der Waals surface area contributed by atoms with E-state index in [2.05, 4.69) is 5.32 Å². The van der Waals surface area contributed by atoms with Gasteiger partial charge in [0.1, 0.15) is 0 Å². The predicted molar refractivity (Wildman–Crippen MR) is 40.4 cm³/mol. The molecule has 2 nitrogen and oxygen atoms in total. The van der Waals surface area contributed by atoms with Crippen LogP contribution in [0.1, 0.15) is 32.1 Å². The van der Waals surface area contributed by atoms with Gasteiger partial charge in [-0.1, -0.05) is 0 Å². The molecule has 1 radical (unpaired) electrons. The van der Waals surface area contributed by atoms with Gasteiger partial charge in [0, 0.05) is 6.04 Å². The molecule has 1 fully saturated rings. The van der Waals surface area contributed by atoms with Crippen LogP contribution in [0.15, 0.2) is 0 Å². The molecule has 0 amide bonds. The summed E-state index contributed by atoms with van der Waals surface area (Å²) in [6.07, 6.45) is 5.82. The van der Waals surface area contributed by atoms with E-state index in [1.54, 1.807) is 0 Å². The SMILES string of the molecule is [O]CCCCC1CCCN1. The maximum Gasteiger partial charge on any atom is 0.0822 e. The van der Waals surface area contributed by atoms with Crippen molar-refractivity contribution in [1.82, 2.24) is 5.32 Å². The van der Waals surface area contributed by atoms with E-state index in [1.807, 2.05) is 0 Å². The third kappa shape index (κ3) is 2.67. The van der Waals surface area contributed by atoms with Crippen molar-refractivity contribution in [2.45, 2.75) is 38.1 Å². The minimum atomic E-state index is 0.104. The molecule has 10 heavy (non-hydrogen) atoms. The van der Waals surface area contributed by atoms with E-state index in [1.165, 1.54) is 25.8 Å². The van der Waals surface area contributed by atoms with Crippen molar-refractivity contribution in [1.29, 1.82) is 0 Å².